The third kappa shape index (κ3) is 6.42. The average molecular weight is 414 g/mol. The fourth-order valence-electron chi connectivity index (χ4n) is 3.86. The van der Waals surface area contributed by atoms with Crippen molar-refractivity contribution in [2.24, 2.45) is 5.92 Å². The van der Waals surface area contributed by atoms with E-state index in [-0.39, 0.29) is 18.4 Å². The molecular formula is C23H31N3O4. The highest BCUT2D eigenvalue weighted by Crippen LogP contribution is 2.27. The van der Waals surface area contributed by atoms with E-state index in [2.05, 4.69) is 15.6 Å². The van der Waals surface area contributed by atoms with Crippen molar-refractivity contribution in [2.75, 3.05) is 19.0 Å². The van der Waals surface area contributed by atoms with Crippen molar-refractivity contribution in [1.82, 2.24) is 10.3 Å². The van der Waals surface area contributed by atoms with Crippen LogP contribution in [0.5, 0.6) is 0 Å². The molecule has 2 aromatic rings. The zero-order valence-electron chi connectivity index (χ0n) is 17.8. The Bertz CT molecular complexity index is 856. The van der Waals surface area contributed by atoms with E-state index in [9.17, 15) is 9.59 Å². The third-order valence-electron chi connectivity index (χ3n) is 5.52. The maximum Gasteiger partial charge on any atom is 0.250 e. The number of ether oxygens (including phenoxy) is 1. The van der Waals surface area contributed by atoms with E-state index in [0.717, 1.165) is 12.0 Å². The van der Waals surface area contributed by atoms with Crippen LogP contribution in [0.15, 0.2) is 28.7 Å². The molecule has 0 bridgehead atoms. The van der Waals surface area contributed by atoms with Gasteiger partial charge in [0.2, 0.25) is 17.7 Å². The Hall–Kier alpha value is -2.67. The summed E-state index contributed by atoms with van der Waals surface area (Å²) in [5, 5.41) is 5.73. The molecule has 1 aliphatic rings. The summed E-state index contributed by atoms with van der Waals surface area (Å²) < 4.78 is 10.6. The fraction of sp³-hybridized carbons (Fsp3) is 0.522. The normalized spacial score (nSPS) is 14.5. The van der Waals surface area contributed by atoms with Crippen LogP contribution in [0, 0.1) is 12.8 Å². The number of nitrogens with one attached hydrogen (secondary N) is 2. The summed E-state index contributed by atoms with van der Waals surface area (Å²) >= 11 is 0. The van der Waals surface area contributed by atoms with Crippen molar-refractivity contribution in [1.29, 1.82) is 0 Å². The van der Waals surface area contributed by atoms with E-state index in [0.29, 0.717) is 41.9 Å². The molecule has 7 heteroatoms. The van der Waals surface area contributed by atoms with E-state index in [1.165, 1.54) is 39.2 Å². The van der Waals surface area contributed by atoms with E-state index in [1.807, 2.05) is 19.1 Å². The van der Waals surface area contributed by atoms with Crippen LogP contribution in [-0.4, -0.2) is 30.5 Å². The molecule has 1 fully saturated rings. The number of nitrogens with zero attached hydrogens (tertiary/aromatic N) is 1. The van der Waals surface area contributed by atoms with Gasteiger partial charge < -0.3 is 19.8 Å². The summed E-state index contributed by atoms with van der Waals surface area (Å²) in [4.78, 5) is 28.5. The van der Waals surface area contributed by atoms with Crippen molar-refractivity contribution >= 4 is 17.5 Å². The first-order chi connectivity index (χ1) is 14.5. The summed E-state index contributed by atoms with van der Waals surface area (Å²) in [6.07, 6.45) is 7.97. The second-order valence-electron chi connectivity index (χ2n) is 7.90. The summed E-state index contributed by atoms with van der Waals surface area (Å²) in [6, 6.07) is 7.28. The maximum atomic E-state index is 12.2. The highest BCUT2D eigenvalue weighted by Gasteiger charge is 2.16. The van der Waals surface area contributed by atoms with Crippen LogP contribution in [0.1, 0.15) is 56.4 Å². The Morgan fingerprint density at radius 1 is 1.20 bits per heavy atom. The van der Waals surface area contributed by atoms with Gasteiger partial charge in [-0.2, -0.15) is 0 Å². The minimum atomic E-state index is -0.227. The number of methoxy groups -OCH3 is 1. The third-order valence-corrected chi connectivity index (χ3v) is 5.52. The number of oxazole rings is 1. The number of aryl methyl sites for hydroxylation is 1. The molecule has 3 rings (SSSR count). The lowest BCUT2D eigenvalue weighted by Crippen LogP contribution is -2.24. The zero-order chi connectivity index (χ0) is 21.3. The first-order valence-electron chi connectivity index (χ1n) is 10.7. The minimum absolute atomic E-state index is 0.00701. The average Bonchev–Trinajstić information content (AvgIpc) is 3.12. The van der Waals surface area contributed by atoms with Gasteiger partial charge in [-0.3, -0.25) is 9.59 Å². The van der Waals surface area contributed by atoms with Crippen LogP contribution in [0.25, 0.3) is 11.5 Å². The van der Waals surface area contributed by atoms with Crippen LogP contribution in [0.4, 0.5) is 5.69 Å². The fourth-order valence-corrected chi connectivity index (χ4v) is 3.86. The minimum Gasteiger partial charge on any atom is -0.441 e. The van der Waals surface area contributed by atoms with Gasteiger partial charge in [-0.25, -0.2) is 4.98 Å². The van der Waals surface area contributed by atoms with Crippen molar-refractivity contribution in [3.05, 3.63) is 35.7 Å². The molecule has 1 aromatic carbocycles. The molecule has 0 unspecified atom stereocenters. The topological polar surface area (TPSA) is 93.5 Å². The predicted octanol–water partition coefficient (Wildman–Crippen LogP) is 4.21. The van der Waals surface area contributed by atoms with Crippen molar-refractivity contribution in [2.45, 2.75) is 58.4 Å². The molecular weight excluding hydrogens is 382 g/mol. The van der Waals surface area contributed by atoms with Crippen LogP contribution in [0.2, 0.25) is 0 Å². The molecule has 1 aliphatic carbocycles. The zero-order valence-corrected chi connectivity index (χ0v) is 17.8. The second-order valence-corrected chi connectivity index (χ2v) is 7.90. The largest absolute Gasteiger partial charge is 0.441 e. The number of aromatic nitrogens is 1. The molecule has 0 saturated heterocycles. The first-order valence-corrected chi connectivity index (χ1v) is 10.7. The van der Waals surface area contributed by atoms with Gasteiger partial charge in [0.05, 0.1) is 6.54 Å². The lowest BCUT2D eigenvalue weighted by atomic mass is 9.86. The van der Waals surface area contributed by atoms with E-state index in [4.69, 9.17) is 9.15 Å². The van der Waals surface area contributed by atoms with Gasteiger partial charge >= 0.3 is 0 Å². The molecule has 1 aromatic heterocycles. The van der Waals surface area contributed by atoms with Gasteiger partial charge in [0.1, 0.15) is 18.1 Å². The number of amides is 2. The number of hydrogen-bond donors (Lipinski definition) is 2. The summed E-state index contributed by atoms with van der Waals surface area (Å²) in [6.45, 7) is 2.18. The van der Waals surface area contributed by atoms with Gasteiger partial charge in [0.25, 0.3) is 0 Å². The molecule has 2 N–H and O–H groups in total. The van der Waals surface area contributed by atoms with E-state index in [1.54, 1.807) is 12.1 Å². The summed E-state index contributed by atoms with van der Waals surface area (Å²) in [5.41, 5.74) is 2.11. The quantitative estimate of drug-likeness (QED) is 0.642. The number of anilines is 1. The van der Waals surface area contributed by atoms with E-state index >= 15 is 0 Å². The molecule has 7 nitrogen and oxygen atoms in total. The molecule has 30 heavy (non-hydrogen) atoms. The number of carbonyl (C=O) groups is 2. The first kappa shape index (κ1) is 22.0. The SMILES string of the molecule is COCC(=O)Nc1cccc(-c2nc(CNC(=O)CCC3CCCCC3)c(C)o2)c1. The Labute approximate surface area is 177 Å². The maximum absolute atomic E-state index is 12.2. The second kappa shape index (κ2) is 10.9. The van der Waals surface area contributed by atoms with Gasteiger partial charge in [-0.1, -0.05) is 38.2 Å². The van der Waals surface area contributed by atoms with E-state index < -0.39 is 0 Å². The lowest BCUT2D eigenvalue weighted by molar-refractivity contribution is -0.121. The van der Waals surface area contributed by atoms with Gasteiger partial charge in [0, 0.05) is 24.8 Å². The number of carbonyl (C=O) groups excluding carboxylic acids is 2. The van der Waals surface area contributed by atoms with Crippen molar-refractivity contribution in [3.63, 3.8) is 0 Å². The van der Waals surface area contributed by atoms with Gasteiger partial charge in [-0.15, -0.1) is 0 Å². The standard InChI is InChI=1S/C23H31N3O4/c1-16-20(14-24-21(27)12-11-17-7-4-3-5-8-17)26-23(30-16)18-9-6-10-19(13-18)25-22(28)15-29-2/h6,9-10,13,17H,3-5,7-8,11-12,14-15H2,1-2H3,(H,24,27)(H,25,28). The Balaban J connectivity index is 1.54. The monoisotopic (exact) mass is 413 g/mol. The Kier molecular flexibility index (Phi) is 8.02. The van der Waals surface area contributed by atoms with Gasteiger partial charge in [-0.05, 0) is 37.5 Å². The molecule has 0 radical (unpaired) electrons. The molecule has 0 aliphatic heterocycles. The van der Waals surface area contributed by atoms with Crippen molar-refractivity contribution < 1.29 is 18.7 Å². The summed E-state index contributed by atoms with van der Waals surface area (Å²) in [5.74, 6) is 1.66. The van der Waals surface area contributed by atoms with Crippen LogP contribution < -0.4 is 10.6 Å². The molecule has 2 amide bonds. The highest BCUT2D eigenvalue weighted by atomic mass is 16.5. The molecule has 162 valence electrons. The molecule has 1 heterocycles. The smallest absolute Gasteiger partial charge is 0.250 e. The van der Waals surface area contributed by atoms with Crippen LogP contribution >= 0.6 is 0 Å². The van der Waals surface area contributed by atoms with Crippen molar-refractivity contribution in [3.8, 4) is 11.5 Å². The molecule has 0 spiro atoms. The molecule has 0 atom stereocenters. The Morgan fingerprint density at radius 2 is 2.00 bits per heavy atom. The van der Waals surface area contributed by atoms with Crippen LogP contribution in [0.3, 0.4) is 0 Å². The summed E-state index contributed by atoms with van der Waals surface area (Å²) in [7, 11) is 1.47. The Morgan fingerprint density at radius 3 is 2.77 bits per heavy atom. The number of rotatable bonds is 9. The number of benzene rings is 1. The highest BCUT2D eigenvalue weighted by molar-refractivity contribution is 5.92. The predicted molar refractivity (Wildman–Crippen MR) is 115 cm³/mol. The lowest BCUT2D eigenvalue weighted by Gasteiger charge is -2.20. The number of hydrogen-bond acceptors (Lipinski definition) is 5. The molecule has 1 saturated carbocycles. The van der Waals surface area contributed by atoms with Crippen LogP contribution in [-0.2, 0) is 20.9 Å². The van der Waals surface area contributed by atoms with Gasteiger partial charge in [0.15, 0.2) is 0 Å².